The van der Waals surface area contributed by atoms with Crippen molar-refractivity contribution in [1.29, 1.82) is 0 Å². The average molecular weight is 446 g/mol. The fourth-order valence-corrected chi connectivity index (χ4v) is 3.22. The van der Waals surface area contributed by atoms with Crippen LogP contribution in [0.5, 0.6) is 0 Å². The maximum atomic E-state index is 11.8. The summed E-state index contributed by atoms with van der Waals surface area (Å²) < 4.78 is 10.7. The van der Waals surface area contributed by atoms with Crippen LogP contribution >= 0.6 is 0 Å². The van der Waals surface area contributed by atoms with E-state index < -0.39 is 54.9 Å². The molecule has 0 aliphatic carbocycles. The molecule has 0 unspecified atom stereocenters. The summed E-state index contributed by atoms with van der Waals surface area (Å²) in [4.78, 5) is 51.0. The Morgan fingerprint density at radius 2 is 1.77 bits per heavy atom. The van der Waals surface area contributed by atoms with Crippen LogP contribution in [-0.4, -0.2) is 88.4 Å². The molecule has 0 spiro atoms. The predicted molar refractivity (Wildman–Crippen MR) is 102 cm³/mol. The Labute approximate surface area is 179 Å². The Bertz CT molecular complexity index is 640. The fraction of sp³-hybridized carbons (Fsp3) is 0.789. The van der Waals surface area contributed by atoms with E-state index in [0.29, 0.717) is 17.9 Å². The summed E-state index contributed by atoms with van der Waals surface area (Å²) in [5, 5.41) is 32.3. The van der Waals surface area contributed by atoms with E-state index in [4.69, 9.17) is 14.3 Å². The van der Waals surface area contributed by atoms with Gasteiger partial charge in [-0.15, -0.1) is 5.06 Å². The molecule has 5 atom stereocenters. The number of unbranched alkanes of at least 4 members (excludes halogenated alkanes) is 1. The zero-order valence-corrected chi connectivity index (χ0v) is 17.4. The number of ether oxygens (including phenoxy) is 2. The van der Waals surface area contributed by atoms with Gasteiger partial charge in [0.05, 0.1) is 19.3 Å². The Hall–Kier alpha value is -2.12. The van der Waals surface area contributed by atoms with Crippen molar-refractivity contribution >= 4 is 23.7 Å². The molecule has 0 aromatic rings. The minimum Gasteiger partial charge on any atom is -0.394 e. The number of carbonyl (C=O) groups is 4. The van der Waals surface area contributed by atoms with Gasteiger partial charge >= 0.3 is 5.97 Å². The molecule has 0 aromatic heterocycles. The van der Waals surface area contributed by atoms with Gasteiger partial charge in [0, 0.05) is 38.1 Å². The van der Waals surface area contributed by atoms with E-state index in [1.54, 1.807) is 6.92 Å². The lowest BCUT2D eigenvalue weighted by atomic mass is 9.91. The molecule has 12 nitrogen and oxygen atoms in total. The van der Waals surface area contributed by atoms with Crippen LogP contribution in [0.1, 0.15) is 45.4 Å². The van der Waals surface area contributed by atoms with E-state index in [9.17, 15) is 34.5 Å². The van der Waals surface area contributed by atoms with Crippen LogP contribution in [0, 0.1) is 5.92 Å². The van der Waals surface area contributed by atoms with Crippen LogP contribution in [0.4, 0.5) is 0 Å². The maximum absolute atomic E-state index is 11.8. The summed E-state index contributed by atoms with van der Waals surface area (Å²) in [6.45, 7) is 1.42. The van der Waals surface area contributed by atoms with E-state index in [2.05, 4.69) is 5.32 Å². The van der Waals surface area contributed by atoms with Crippen LogP contribution in [0.3, 0.4) is 0 Å². The second-order valence-corrected chi connectivity index (χ2v) is 7.54. The Morgan fingerprint density at radius 1 is 1.13 bits per heavy atom. The minimum absolute atomic E-state index is 0.0274. The highest BCUT2D eigenvalue weighted by Crippen LogP contribution is 2.26. The number of carbonyl (C=O) groups excluding carboxylic acids is 4. The van der Waals surface area contributed by atoms with Crippen molar-refractivity contribution in [1.82, 2.24) is 10.4 Å². The van der Waals surface area contributed by atoms with Crippen molar-refractivity contribution in [3.05, 3.63) is 0 Å². The number of hydrogen-bond donors (Lipinski definition) is 4. The van der Waals surface area contributed by atoms with Gasteiger partial charge in [-0.25, -0.2) is 4.79 Å². The first-order valence-corrected chi connectivity index (χ1v) is 10.3. The molecule has 2 aliphatic heterocycles. The van der Waals surface area contributed by atoms with Gasteiger partial charge in [0.1, 0.15) is 12.2 Å². The Balaban J connectivity index is 1.55. The molecule has 2 saturated heterocycles. The first kappa shape index (κ1) is 25.1. The lowest BCUT2D eigenvalue weighted by Crippen LogP contribution is -2.55. The number of nitrogens with zero attached hydrogens (tertiary/aromatic N) is 1. The highest BCUT2D eigenvalue weighted by atomic mass is 16.7. The molecule has 2 rings (SSSR count). The Morgan fingerprint density at radius 3 is 2.42 bits per heavy atom. The molecule has 3 amide bonds. The summed E-state index contributed by atoms with van der Waals surface area (Å²) in [7, 11) is 0. The number of amides is 3. The SMILES string of the molecule is C[C@@H]1[C@@H](O)[C@@H](OCCNC(=O)CCCCC(=O)ON2C(=O)CCC2=O)O[C@H](CO)[C@H]1O. The highest BCUT2D eigenvalue weighted by Gasteiger charge is 2.42. The topological polar surface area (TPSA) is 172 Å². The van der Waals surface area contributed by atoms with Crippen LogP contribution in [-0.2, 0) is 33.5 Å². The molecule has 0 saturated carbocycles. The highest BCUT2D eigenvalue weighted by molar-refractivity contribution is 6.01. The van der Waals surface area contributed by atoms with Crippen molar-refractivity contribution in [2.45, 2.75) is 70.1 Å². The van der Waals surface area contributed by atoms with Gasteiger partial charge < -0.3 is 34.9 Å². The third-order valence-corrected chi connectivity index (χ3v) is 5.17. The summed E-state index contributed by atoms with van der Waals surface area (Å²) in [6.07, 6.45) is -3.00. The largest absolute Gasteiger partial charge is 0.394 e. The first-order chi connectivity index (χ1) is 14.7. The molecule has 2 heterocycles. The summed E-state index contributed by atoms with van der Waals surface area (Å²) >= 11 is 0. The van der Waals surface area contributed by atoms with Crippen molar-refractivity contribution in [3.63, 3.8) is 0 Å². The van der Waals surface area contributed by atoms with Gasteiger partial charge in [-0.05, 0) is 12.8 Å². The summed E-state index contributed by atoms with van der Waals surface area (Å²) in [6, 6.07) is 0. The van der Waals surface area contributed by atoms with Gasteiger partial charge in [0.25, 0.3) is 11.8 Å². The molecule has 12 heteroatoms. The quantitative estimate of drug-likeness (QED) is 0.213. The molecule has 2 aliphatic rings. The van der Waals surface area contributed by atoms with Gasteiger partial charge in [-0.2, -0.15) is 0 Å². The Kier molecular flexibility index (Phi) is 9.78. The summed E-state index contributed by atoms with van der Waals surface area (Å²) in [5.74, 6) is -2.58. The normalized spacial score (nSPS) is 28.6. The van der Waals surface area contributed by atoms with Crippen molar-refractivity contribution in [2.75, 3.05) is 19.8 Å². The van der Waals surface area contributed by atoms with Crippen molar-refractivity contribution in [2.24, 2.45) is 5.92 Å². The number of aliphatic hydroxyl groups excluding tert-OH is 3. The minimum atomic E-state index is -1.07. The maximum Gasteiger partial charge on any atom is 0.333 e. The van der Waals surface area contributed by atoms with Gasteiger partial charge in [-0.3, -0.25) is 14.4 Å². The molecule has 0 radical (unpaired) electrons. The van der Waals surface area contributed by atoms with E-state index in [-0.39, 0.29) is 44.7 Å². The number of hydrogen-bond acceptors (Lipinski definition) is 10. The number of hydroxylamine groups is 2. The van der Waals surface area contributed by atoms with Crippen LogP contribution in [0.25, 0.3) is 0 Å². The van der Waals surface area contributed by atoms with Gasteiger partial charge in [0.2, 0.25) is 5.91 Å². The number of aliphatic hydroxyl groups is 3. The standard InChI is InChI=1S/C19H30N2O10/c1-11-17(27)12(10-22)30-19(18(11)28)29-9-8-20-13(23)4-2-3-5-16(26)31-21-14(24)6-7-15(21)25/h11-12,17-19,22,27-28H,2-10H2,1H3,(H,20,23)/t11-,12+,17-,18+,19-/m0/s1. The first-order valence-electron chi connectivity index (χ1n) is 10.3. The second kappa shape index (κ2) is 12.1. The van der Waals surface area contributed by atoms with Crippen molar-refractivity contribution < 1.29 is 48.8 Å². The van der Waals surface area contributed by atoms with Crippen LogP contribution < -0.4 is 5.32 Å². The third kappa shape index (κ3) is 7.21. The van der Waals surface area contributed by atoms with E-state index in [1.165, 1.54) is 0 Å². The number of imide groups is 1. The molecule has 0 aromatic carbocycles. The van der Waals surface area contributed by atoms with E-state index in [0.717, 1.165) is 0 Å². The molecule has 176 valence electrons. The number of rotatable bonds is 11. The molecule has 2 fully saturated rings. The fourth-order valence-electron chi connectivity index (χ4n) is 3.22. The smallest absolute Gasteiger partial charge is 0.333 e. The van der Waals surface area contributed by atoms with E-state index in [1.807, 2.05) is 0 Å². The van der Waals surface area contributed by atoms with Crippen LogP contribution in [0.15, 0.2) is 0 Å². The molecule has 4 N–H and O–H groups in total. The molecular formula is C19H30N2O10. The van der Waals surface area contributed by atoms with Crippen LogP contribution in [0.2, 0.25) is 0 Å². The van der Waals surface area contributed by atoms with Gasteiger partial charge in [0.15, 0.2) is 6.29 Å². The average Bonchev–Trinajstić information content (AvgIpc) is 3.06. The lowest BCUT2D eigenvalue weighted by molar-refractivity contribution is -0.287. The predicted octanol–water partition coefficient (Wildman–Crippen LogP) is -1.64. The van der Waals surface area contributed by atoms with E-state index >= 15 is 0 Å². The van der Waals surface area contributed by atoms with Crippen molar-refractivity contribution in [3.8, 4) is 0 Å². The summed E-state index contributed by atoms with van der Waals surface area (Å²) in [5.41, 5.74) is 0. The number of nitrogens with one attached hydrogen (secondary N) is 1. The molecule has 0 bridgehead atoms. The second-order valence-electron chi connectivity index (χ2n) is 7.54. The third-order valence-electron chi connectivity index (χ3n) is 5.17. The molecule has 31 heavy (non-hydrogen) atoms. The monoisotopic (exact) mass is 446 g/mol. The zero-order chi connectivity index (χ0) is 23.0. The zero-order valence-electron chi connectivity index (χ0n) is 17.4. The molecular weight excluding hydrogens is 416 g/mol. The van der Waals surface area contributed by atoms with Gasteiger partial charge in [-0.1, -0.05) is 6.92 Å². The lowest BCUT2D eigenvalue weighted by Gasteiger charge is -2.40.